The molecule has 4 heteroatoms. The minimum atomic E-state index is 0.566. The summed E-state index contributed by atoms with van der Waals surface area (Å²) in [4.78, 5) is 4.75. The molecule has 3 aromatic rings. The molecule has 2 aliphatic rings. The molecule has 0 N–H and O–H groups in total. The van der Waals surface area contributed by atoms with Gasteiger partial charge in [-0.05, 0) is 47.5 Å². The van der Waals surface area contributed by atoms with Crippen molar-refractivity contribution in [2.45, 2.75) is 19.6 Å². The molecule has 0 amide bonds. The van der Waals surface area contributed by atoms with Gasteiger partial charge in [0.15, 0.2) is 0 Å². The molecule has 0 aromatic heterocycles. The Kier molecular flexibility index (Phi) is 4.91. The second-order valence-corrected chi connectivity index (χ2v) is 7.24. The van der Waals surface area contributed by atoms with E-state index in [1.54, 1.807) is 0 Å². The SMILES string of the molecule is C=C(Oc1ccc2c(c1)COC2)C1=NC(c2cccc(Oc3ccccc3)c2)=CC1. The molecule has 0 spiro atoms. The van der Waals surface area contributed by atoms with Crippen LogP contribution in [0.3, 0.4) is 0 Å². The number of ether oxygens (including phenoxy) is 3. The van der Waals surface area contributed by atoms with E-state index in [0.29, 0.717) is 25.4 Å². The highest BCUT2D eigenvalue weighted by Gasteiger charge is 2.17. The summed E-state index contributed by atoms with van der Waals surface area (Å²) >= 11 is 0. The lowest BCUT2D eigenvalue weighted by atomic mass is 10.1. The summed E-state index contributed by atoms with van der Waals surface area (Å²) in [6, 6.07) is 23.7. The normalized spacial score (nSPS) is 14.7. The fourth-order valence-electron chi connectivity index (χ4n) is 3.55. The van der Waals surface area contributed by atoms with Gasteiger partial charge in [0.05, 0.1) is 24.6 Å². The first-order chi connectivity index (χ1) is 14.7. The molecular weight excluding hydrogens is 374 g/mol. The van der Waals surface area contributed by atoms with E-state index >= 15 is 0 Å². The van der Waals surface area contributed by atoms with Gasteiger partial charge in [0.25, 0.3) is 0 Å². The molecule has 0 radical (unpaired) electrons. The minimum absolute atomic E-state index is 0.566. The lowest BCUT2D eigenvalue weighted by molar-refractivity contribution is 0.134. The zero-order valence-electron chi connectivity index (χ0n) is 16.5. The fraction of sp³-hybridized carbons (Fsp3) is 0.115. The largest absolute Gasteiger partial charge is 0.457 e. The van der Waals surface area contributed by atoms with Crippen molar-refractivity contribution in [3.63, 3.8) is 0 Å². The Morgan fingerprint density at radius 1 is 0.833 bits per heavy atom. The van der Waals surface area contributed by atoms with Gasteiger partial charge in [-0.15, -0.1) is 0 Å². The summed E-state index contributed by atoms with van der Waals surface area (Å²) in [5, 5.41) is 0. The van der Waals surface area contributed by atoms with Gasteiger partial charge < -0.3 is 14.2 Å². The van der Waals surface area contributed by atoms with Crippen molar-refractivity contribution in [3.05, 3.63) is 108 Å². The van der Waals surface area contributed by atoms with Crippen molar-refractivity contribution in [2.24, 2.45) is 4.99 Å². The van der Waals surface area contributed by atoms with Crippen molar-refractivity contribution < 1.29 is 14.2 Å². The van der Waals surface area contributed by atoms with E-state index < -0.39 is 0 Å². The van der Waals surface area contributed by atoms with Gasteiger partial charge in [-0.2, -0.15) is 0 Å². The fourth-order valence-corrected chi connectivity index (χ4v) is 3.55. The molecule has 0 saturated carbocycles. The first kappa shape index (κ1) is 18.4. The smallest absolute Gasteiger partial charge is 0.142 e. The molecule has 0 bridgehead atoms. The van der Waals surface area contributed by atoms with Gasteiger partial charge in [-0.3, -0.25) is 0 Å². The number of hydrogen-bond acceptors (Lipinski definition) is 4. The Balaban J connectivity index is 1.28. The van der Waals surface area contributed by atoms with Crippen LogP contribution in [0.1, 0.15) is 23.1 Å². The third-order valence-corrected chi connectivity index (χ3v) is 5.11. The molecule has 4 nitrogen and oxygen atoms in total. The molecule has 3 aromatic carbocycles. The highest BCUT2D eigenvalue weighted by atomic mass is 16.5. The lowest BCUT2D eigenvalue weighted by Gasteiger charge is -2.10. The molecule has 0 saturated heterocycles. The van der Waals surface area contributed by atoms with Crippen molar-refractivity contribution in [1.82, 2.24) is 0 Å². The number of benzene rings is 3. The van der Waals surface area contributed by atoms with Gasteiger partial charge in [0.1, 0.15) is 23.0 Å². The third-order valence-electron chi connectivity index (χ3n) is 5.11. The average Bonchev–Trinajstić information content (AvgIpc) is 3.44. The van der Waals surface area contributed by atoms with Gasteiger partial charge >= 0.3 is 0 Å². The van der Waals surface area contributed by atoms with Gasteiger partial charge in [0, 0.05) is 12.0 Å². The van der Waals surface area contributed by atoms with E-state index in [-0.39, 0.29) is 0 Å². The molecule has 0 unspecified atom stereocenters. The first-order valence-corrected chi connectivity index (χ1v) is 9.92. The van der Waals surface area contributed by atoms with E-state index in [1.165, 1.54) is 11.1 Å². The number of fused-ring (bicyclic) bond motifs is 1. The zero-order chi connectivity index (χ0) is 20.3. The van der Waals surface area contributed by atoms with Crippen LogP contribution in [0, 0.1) is 0 Å². The number of nitrogens with zero attached hydrogens (tertiary/aromatic N) is 1. The first-order valence-electron chi connectivity index (χ1n) is 9.92. The van der Waals surface area contributed by atoms with Crippen molar-refractivity contribution >= 4 is 11.4 Å². The van der Waals surface area contributed by atoms with Crippen LogP contribution in [0.4, 0.5) is 0 Å². The van der Waals surface area contributed by atoms with E-state index in [0.717, 1.165) is 34.2 Å². The number of rotatable bonds is 6. The predicted molar refractivity (Wildman–Crippen MR) is 118 cm³/mol. The Morgan fingerprint density at radius 3 is 2.57 bits per heavy atom. The molecule has 30 heavy (non-hydrogen) atoms. The Hall–Kier alpha value is -3.63. The maximum atomic E-state index is 5.97. The monoisotopic (exact) mass is 395 g/mol. The van der Waals surface area contributed by atoms with Crippen LogP contribution in [0.2, 0.25) is 0 Å². The maximum Gasteiger partial charge on any atom is 0.142 e. The molecule has 0 fully saturated rings. The molecule has 2 heterocycles. The molecule has 0 atom stereocenters. The Bertz CT molecular complexity index is 1160. The number of para-hydroxylation sites is 1. The van der Waals surface area contributed by atoms with E-state index in [4.69, 9.17) is 19.2 Å². The van der Waals surface area contributed by atoms with E-state index in [1.807, 2.05) is 72.8 Å². The standard InChI is InChI=1S/C26H21NO3/c1-18(29-24-11-10-20-16-28-17-21(20)15-24)25-12-13-26(27-25)19-6-5-9-23(14-19)30-22-7-3-2-4-8-22/h2-11,13-15H,1,12,16-17H2. The number of aliphatic imine (C=N–C) groups is 1. The van der Waals surface area contributed by atoms with Crippen molar-refractivity contribution in [3.8, 4) is 17.2 Å². The van der Waals surface area contributed by atoms with Crippen LogP contribution in [0.25, 0.3) is 5.70 Å². The van der Waals surface area contributed by atoms with Gasteiger partial charge in [-0.25, -0.2) is 4.99 Å². The number of allylic oxidation sites excluding steroid dienone is 2. The summed E-state index contributed by atoms with van der Waals surface area (Å²) < 4.78 is 17.4. The highest BCUT2D eigenvalue weighted by Crippen LogP contribution is 2.30. The highest BCUT2D eigenvalue weighted by molar-refractivity contribution is 6.05. The summed E-state index contributed by atoms with van der Waals surface area (Å²) in [5.74, 6) is 2.91. The summed E-state index contributed by atoms with van der Waals surface area (Å²) in [7, 11) is 0. The molecule has 2 aliphatic heterocycles. The van der Waals surface area contributed by atoms with Gasteiger partial charge in [0.2, 0.25) is 0 Å². The zero-order valence-corrected chi connectivity index (χ0v) is 16.5. The Labute approximate surface area is 175 Å². The molecule has 0 aliphatic carbocycles. The summed E-state index contributed by atoms with van der Waals surface area (Å²) in [5.41, 5.74) is 5.11. The van der Waals surface area contributed by atoms with Crippen LogP contribution in [0.5, 0.6) is 17.2 Å². The van der Waals surface area contributed by atoms with Crippen LogP contribution in [-0.2, 0) is 18.0 Å². The van der Waals surface area contributed by atoms with Crippen LogP contribution in [-0.4, -0.2) is 5.71 Å². The maximum absolute atomic E-state index is 5.97. The van der Waals surface area contributed by atoms with E-state index in [2.05, 4.69) is 12.7 Å². The van der Waals surface area contributed by atoms with Crippen LogP contribution in [0.15, 0.2) is 96.2 Å². The number of hydrogen-bond donors (Lipinski definition) is 0. The predicted octanol–water partition coefficient (Wildman–Crippen LogP) is 6.29. The van der Waals surface area contributed by atoms with Crippen LogP contribution >= 0.6 is 0 Å². The average molecular weight is 395 g/mol. The lowest BCUT2D eigenvalue weighted by Crippen LogP contribution is -2.05. The topological polar surface area (TPSA) is 40.0 Å². The summed E-state index contributed by atoms with van der Waals surface area (Å²) in [6.07, 6.45) is 2.77. The third kappa shape index (κ3) is 3.91. The summed E-state index contributed by atoms with van der Waals surface area (Å²) in [6.45, 7) is 5.39. The van der Waals surface area contributed by atoms with Crippen LogP contribution < -0.4 is 9.47 Å². The van der Waals surface area contributed by atoms with Gasteiger partial charge in [-0.1, -0.05) is 49.1 Å². The second-order valence-electron chi connectivity index (χ2n) is 7.24. The second kappa shape index (κ2) is 8.01. The van der Waals surface area contributed by atoms with E-state index in [9.17, 15) is 0 Å². The molecular formula is C26H21NO3. The Morgan fingerprint density at radius 2 is 1.67 bits per heavy atom. The molecule has 148 valence electrons. The minimum Gasteiger partial charge on any atom is -0.457 e. The van der Waals surface area contributed by atoms with Crippen molar-refractivity contribution in [2.75, 3.05) is 0 Å². The van der Waals surface area contributed by atoms with Crippen molar-refractivity contribution in [1.29, 1.82) is 0 Å². The quantitative estimate of drug-likeness (QED) is 0.461. The molecule has 5 rings (SSSR count).